The Kier molecular flexibility index (Phi) is 3.32. The largest absolute Gasteiger partial charge is 0.382 e. The van der Waals surface area contributed by atoms with E-state index in [0.717, 1.165) is 19.6 Å². The molecule has 3 N–H and O–H groups in total. The van der Waals surface area contributed by atoms with Gasteiger partial charge in [0.05, 0.1) is 0 Å². The van der Waals surface area contributed by atoms with Crippen molar-refractivity contribution >= 4 is 28.2 Å². The van der Waals surface area contributed by atoms with Gasteiger partial charge in [-0.25, -0.2) is 4.98 Å². The number of nitrogens with one attached hydrogen (secondary N) is 1. The SMILES string of the molecule is CNc1nc(N)c(C(=O)N2CCN3CCCC3C2)s1. The van der Waals surface area contributed by atoms with Gasteiger partial charge < -0.3 is 16.0 Å². The van der Waals surface area contributed by atoms with Crippen LogP contribution in [0.2, 0.25) is 0 Å². The first-order valence-electron chi connectivity index (χ1n) is 6.66. The molecule has 0 bridgehead atoms. The smallest absolute Gasteiger partial charge is 0.267 e. The highest BCUT2D eigenvalue weighted by Crippen LogP contribution is 2.28. The molecular weight excluding hydrogens is 262 g/mol. The molecule has 0 aromatic carbocycles. The Morgan fingerprint density at radius 1 is 1.47 bits per heavy atom. The van der Waals surface area contributed by atoms with Crippen molar-refractivity contribution in [3.8, 4) is 0 Å². The maximum absolute atomic E-state index is 12.5. The Morgan fingerprint density at radius 2 is 2.32 bits per heavy atom. The summed E-state index contributed by atoms with van der Waals surface area (Å²) in [6.45, 7) is 3.78. The van der Waals surface area contributed by atoms with Gasteiger partial charge in [0.1, 0.15) is 10.7 Å². The van der Waals surface area contributed by atoms with E-state index < -0.39 is 0 Å². The van der Waals surface area contributed by atoms with Crippen LogP contribution in [0.15, 0.2) is 0 Å². The highest BCUT2D eigenvalue weighted by molar-refractivity contribution is 7.18. The van der Waals surface area contributed by atoms with Crippen molar-refractivity contribution in [3.05, 3.63) is 4.88 Å². The fraction of sp³-hybridized carbons (Fsp3) is 0.667. The fourth-order valence-electron chi connectivity index (χ4n) is 2.91. The van der Waals surface area contributed by atoms with Gasteiger partial charge in [-0.1, -0.05) is 11.3 Å². The van der Waals surface area contributed by atoms with Gasteiger partial charge in [0, 0.05) is 32.7 Å². The molecule has 1 amide bonds. The number of rotatable bonds is 2. The molecule has 1 aromatic rings. The minimum Gasteiger partial charge on any atom is -0.382 e. The predicted molar refractivity (Wildman–Crippen MR) is 76.6 cm³/mol. The van der Waals surface area contributed by atoms with E-state index in [2.05, 4.69) is 15.2 Å². The lowest BCUT2D eigenvalue weighted by molar-refractivity contribution is 0.0576. The Hall–Kier alpha value is -1.34. The number of anilines is 2. The Labute approximate surface area is 116 Å². The lowest BCUT2D eigenvalue weighted by Crippen LogP contribution is -2.52. The Morgan fingerprint density at radius 3 is 3.05 bits per heavy atom. The number of aromatic nitrogens is 1. The van der Waals surface area contributed by atoms with Crippen LogP contribution < -0.4 is 11.1 Å². The second-order valence-electron chi connectivity index (χ2n) is 5.07. The molecule has 19 heavy (non-hydrogen) atoms. The minimum absolute atomic E-state index is 0.0306. The average Bonchev–Trinajstić information content (AvgIpc) is 3.02. The molecule has 2 saturated heterocycles. The second-order valence-corrected chi connectivity index (χ2v) is 6.07. The highest BCUT2D eigenvalue weighted by Gasteiger charge is 2.33. The molecule has 1 unspecified atom stereocenters. The number of nitrogens with zero attached hydrogens (tertiary/aromatic N) is 3. The first-order chi connectivity index (χ1) is 9.19. The van der Waals surface area contributed by atoms with Crippen molar-refractivity contribution in [2.45, 2.75) is 18.9 Å². The van der Waals surface area contributed by atoms with Crippen LogP contribution in [0.4, 0.5) is 10.9 Å². The van der Waals surface area contributed by atoms with Gasteiger partial charge in [-0.15, -0.1) is 0 Å². The molecule has 6 nitrogen and oxygen atoms in total. The van der Waals surface area contributed by atoms with Crippen LogP contribution in [0.3, 0.4) is 0 Å². The number of hydrogen-bond acceptors (Lipinski definition) is 6. The van der Waals surface area contributed by atoms with Gasteiger partial charge in [0.15, 0.2) is 5.13 Å². The minimum atomic E-state index is 0.0306. The number of piperazine rings is 1. The molecule has 2 aliphatic rings. The summed E-state index contributed by atoms with van der Waals surface area (Å²) in [6, 6.07) is 0.538. The first kappa shape index (κ1) is 12.7. The highest BCUT2D eigenvalue weighted by atomic mass is 32.1. The molecule has 0 spiro atoms. The molecule has 1 aromatic heterocycles. The molecule has 0 aliphatic carbocycles. The van der Waals surface area contributed by atoms with E-state index in [1.807, 2.05) is 4.90 Å². The summed E-state index contributed by atoms with van der Waals surface area (Å²) < 4.78 is 0. The Bertz CT molecular complexity index is 488. The van der Waals surface area contributed by atoms with E-state index in [9.17, 15) is 4.79 Å². The number of hydrogen-bond donors (Lipinski definition) is 2. The predicted octanol–water partition coefficient (Wildman–Crippen LogP) is 0.687. The third kappa shape index (κ3) is 2.28. The van der Waals surface area contributed by atoms with E-state index in [-0.39, 0.29) is 5.91 Å². The van der Waals surface area contributed by atoms with Crippen LogP contribution in [-0.4, -0.2) is 60.0 Å². The zero-order chi connectivity index (χ0) is 13.4. The zero-order valence-electron chi connectivity index (χ0n) is 11.1. The van der Waals surface area contributed by atoms with Crippen molar-refractivity contribution in [3.63, 3.8) is 0 Å². The summed E-state index contributed by atoms with van der Waals surface area (Å²) in [7, 11) is 1.78. The number of thiazole rings is 1. The summed E-state index contributed by atoms with van der Waals surface area (Å²) >= 11 is 1.33. The van der Waals surface area contributed by atoms with Gasteiger partial charge in [0.25, 0.3) is 5.91 Å². The third-order valence-corrected chi connectivity index (χ3v) is 5.01. The summed E-state index contributed by atoms with van der Waals surface area (Å²) in [5.74, 6) is 0.372. The van der Waals surface area contributed by atoms with Crippen LogP contribution >= 0.6 is 11.3 Å². The molecular formula is C12H19N5OS. The van der Waals surface area contributed by atoms with E-state index in [1.165, 1.54) is 30.7 Å². The molecule has 1 atom stereocenters. The van der Waals surface area contributed by atoms with Gasteiger partial charge in [-0.05, 0) is 19.4 Å². The van der Waals surface area contributed by atoms with Crippen LogP contribution in [-0.2, 0) is 0 Å². The van der Waals surface area contributed by atoms with E-state index in [1.54, 1.807) is 7.05 Å². The molecule has 0 radical (unpaired) electrons. The summed E-state index contributed by atoms with van der Waals surface area (Å²) in [5.41, 5.74) is 5.83. The second kappa shape index (κ2) is 4.97. The summed E-state index contributed by atoms with van der Waals surface area (Å²) in [6.07, 6.45) is 2.45. The monoisotopic (exact) mass is 281 g/mol. The number of carbonyl (C=O) groups is 1. The number of nitrogens with two attached hydrogens (primary N) is 1. The van der Waals surface area contributed by atoms with Crippen molar-refractivity contribution in [1.29, 1.82) is 0 Å². The molecule has 3 heterocycles. The first-order valence-corrected chi connectivity index (χ1v) is 7.48. The Balaban J connectivity index is 1.74. The average molecular weight is 281 g/mol. The van der Waals surface area contributed by atoms with Gasteiger partial charge in [0.2, 0.25) is 0 Å². The van der Waals surface area contributed by atoms with Gasteiger partial charge in [-0.3, -0.25) is 9.69 Å². The van der Waals surface area contributed by atoms with Gasteiger partial charge in [-0.2, -0.15) is 0 Å². The standard InChI is InChI=1S/C12H19N5OS/c1-14-12-15-10(13)9(19-12)11(18)17-6-5-16-4-2-3-8(16)7-17/h8H,2-7,13H2,1H3,(H,14,15). The van der Waals surface area contributed by atoms with E-state index >= 15 is 0 Å². The molecule has 0 saturated carbocycles. The summed E-state index contributed by atoms with van der Waals surface area (Å²) in [5, 5.41) is 3.63. The number of fused-ring (bicyclic) bond motifs is 1. The van der Waals surface area contributed by atoms with Gasteiger partial charge >= 0.3 is 0 Å². The molecule has 3 rings (SSSR count). The van der Waals surface area contributed by atoms with Crippen LogP contribution in [0, 0.1) is 0 Å². The lowest BCUT2D eigenvalue weighted by atomic mass is 10.1. The van der Waals surface area contributed by atoms with Crippen molar-refractivity contribution in [2.75, 3.05) is 44.3 Å². The fourth-order valence-corrected chi connectivity index (χ4v) is 3.72. The molecule has 2 fully saturated rings. The number of nitrogen functional groups attached to an aromatic ring is 1. The maximum atomic E-state index is 12.5. The third-order valence-electron chi connectivity index (χ3n) is 3.94. The molecule has 7 heteroatoms. The van der Waals surface area contributed by atoms with E-state index in [4.69, 9.17) is 5.73 Å². The van der Waals surface area contributed by atoms with Crippen LogP contribution in [0.1, 0.15) is 22.5 Å². The van der Waals surface area contributed by atoms with Crippen LogP contribution in [0.25, 0.3) is 0 Å². The topological polar surface area (TPSA) is 74.5 Å². The van der Waals surface area contributed by atoms with Crippen LogP contribution in [0.5, 0.6) is 0 Å². The number of carbonyl (C=O) groups excluding carboxylic acids is 1. The normalized spacial score (nSPS) is 23.4. The molecule has 2 aliphatic heterocycles. The quantitative estimate of drug-likeness (QED) is 0.834. The zero-order valence-corrected chi connectivity index (χ0v) is 11.9. The maximum Gasteiger partial charge on any atom is 0.267 e. The van der Waals surface area contributed by atoms with E-state index in [0.29, 0.717) is 21.9 Å². The lowest BCUT2D eigenvalue weighted by Gasteiger charge is -2.37. The van der Waals surface area contributed by atoms with Crippen molar-refractivity contribution in [1.82, 2.24) is 14.8 Å². The summed E-state index contributed by atoms with van der Waals surface area (Å²) in [4.78, 5) is 21.6. The van der Waals surface area contributed by atoms with Crippen molar-refractivity contribution < 1.29 is 4.79 Å². The van der Waals surface area contributed by atoms with Crippen molar-refractivity contribution in [2.24, 2.45) is 0 Å². The number of amides is 1. The molecule has 104 valence electrons.